The smallest absolute Gasteiger partial charge is 0.341 e. The van der Waals surface area contributed by atoms with Gasteiger partial charge in [0.1, 0.15) is 5.57 Å². The van der Waals surface area contributed by atoms with Crippen molar-refractivity contribution < 1.29 is 19.2 Å². The minimum atomic E-state index is -0.694. The molecule has 0 bridgehead atoms. The van der Waals surface area contributed by atoms with Crippen molar-refractivity contribution in [1.82, 2.24) is 0 Å². The van der Waals surface area contributed by atoms with Gasteiger partial charge in [-0.25, -0.2) is 4.79 Å². The third kappa shape index (κ3) is 3.88. The normalized spacial score (nSPS) is 19.0. The highest BCUT2D eigenvalue weighted by atomic mass is 32.1. The Bertz CT molecular complexity index is 872. The number of rotatable bonds is 7. The highest BCUT2D eigenvalue weighted by Gasteiger charge is 2.46. The predicted octanol–water partition coefficient (Wildman–Crippen LogP) is 3.98. The summed E-state index contributed by atoms with van der Waals surface area (Å²) in [5.41, 5.74) is 0.262. The van der Waals surface area contributed by atoms with Crippen LogP contribution in [0.3, 0.4) is 0 Å². The highest BCUT2D eigenvalue weighted by Crippen LogP contribution is 2.50. The number of nitro benzene ring substituents is 1. The SMILES string of the molecule is CCOC(=O)C(=Cc1cccc([N+](=O)[O-])c1)C(=O)C1CC1c1cccs1. The lowest BCUT2D eigenvalue weighted by molar-refractivity contribution is -0.384. The second-order valence-electron chi connectivity index (χ2n) is 5.96. The number of hydrogen-bond acceptors (Lipinski definition) is 6. The van der Waals surface area contributed by atoms with E-state index in [1.165, 1.54) is 24.3 Å². The Morgan fingerprint density at radius 1 is 1.35 bits per heavy atom. The van der Waals surface area contributed by atoms with Crippen molar-refractivity contribution in [3.63, 3.8) is 0 Å². The summed E-state index contributed by atoms with van der Waals surface area (Å²) in [5.74, 6) is -1.08. The first kappa shape index (κ1) is 18.0. The van der Waals surface area contributed by atoms with Crippen LogP contribution in [0.15, 0.2) is 47.4 Å². The van der Waals surface area contributed by atoms with Crippen LogP contribution in [-0.2, 0) is 14.3 Å². The van der Waals surface area contributed by atoms with Gasteiger partial charge in [-0.3, -0.25) is 14.9 Å². The molecule has 0 aliphatic heterocycles. The molecule has 0 amide bonds. The quantitative estimate of drug-likeness (QED) is 0.183. The summed E-state index contributed by atoms with van der Waals surface area (Å²) in [6.07, 6.45) is 2.09. The van der Waals surface area contributed by atoms with Crippen molar-refractivity contribution in [2.24, 2.45) is 5.92 Å². The number of ketones is 1. The number of benzene rings is 1. The fourth-order valence-corrected chi connectivity index (χ4v) is 3.74. The minimum absolute atomic E-state index is 0.0589. The first-order valence-corrected chi connectivity index (χ1v) is 9.10. The molecule has 1 heterocycles. The van der Waals surface area contributed by atoms with Crippen molar-refractivity contribution in [2.75, 3.05) is 6.61 Å². The van der Waals surface area contributed by atoms with Gasteiger partial charge in [-0.15, -0.1) is 11.3 Å². The number of carbonyl (C=O) groups is 2. The largest absolute Gasteiger partial charge is 0.462 e. The van der Waals surface area contributed by atoms with Gasteiger partial charge in [-0.1, -0.05) is 18.2 Å². The second-order valence-corrected chi connectivity index (χ2v) is 6.94. The summed E-state index contributed by atoms with van der Waals surface area (Å²) in [5, 5.41) is 12.9. The van der Waals surface area contributed by atoms with E-state index in [0.29, 0.717) is 12.0 Å². The lowest BCUT2D eigenvalue weighted by Gasteiger charge is -2.06. The number of nitro groups is 1. The first-order chi connectivity index (χ1) is 12.5. The molecule has 1 saturated carbocycles. The topological polar surface area (TPSA) is 86.5 Å². The van der Waals surface area contributed by atoms with Crippen molar-refractivity contribution in [3.8, 4) is 0 Å². The molecule has 0 N–H and O–H groups in total. The lowest BCUT2D eigenvalue weighted by Crippen LogP contribution is -2.17. The molecule has 0 saturated heterocycles. The van der Waals surface area contributed by atoms with E-state index in [4.69, 9.17) is 4.74 Å². The van der Waals surface area contributed by atoms with E-state index in [1.54, 1.807) is 24.3 Å². The molecule has 26 heavy (non-hydrogen) atoms. The highest BCUT2D eigenvalue weighted by molar-refractivity contribution is 7.10. The third-order valence-corrected chi connectivity index (χ3v) is 5.19. The zero-order chi connectivity index (χ0) is 18.7. The summed E-state index contributed by atoms with van der Waals surface area (Å²) in [4.78, 5) is 36.7. The summed E-state index contributed by atoms with van der Waals surface area (Å²) in [6, 6.07) is 9.74. The zero-order valence-corrected chi connectivity index (χ0v) is 14.9. The number of non-ortho nitro benzene ring substituents is 1. The molecule has 1 aliphatic rings. The van der Waals surface area contributed by atoms with E-state index in [2.05, 4.69) is 0 Å². The first-order valence-electron chi connectivity index (χ1n) is 8.22. The molecule has 6 nitrogen and oxygen atoms in total. The van der Waals surface area contributed by atoms with Crippen LogP contribution in [0.2, 0.25) is 0 Å². The fourth-order valence-electron chi connectivity index (χ4n) is 2.84. The number of nitrogens with zero attached hydrogens (tertiary/aromatic N) is 1. The van der Waals surface area contributed by atoms with Crippen molar-refractivity contribution in [3.05, 3.63) is 67.9 Å². The zero-order valence-electron chi connectivity index (χ0n) is 14.1. The summed E-state index contributed by atoms with van der Waals surface area (Å²) in [7, 11) is 0. The molecule has 134 valence electrons. The van der Waals surface area contributed by atoms with E-state index < -0.39 is 10.9 Å². The molecule has 1 aromatic heterocycles. The van der Waals surface area contributed by atoms with Gasteiger partial charge in [0.05, 0.1) is 11.5 Å². The van der Waals surface area contributed by atoms with Gasteiger partial charge in [0.25, 0.3) is 5.69 Å². The van der Waals surface area contributed by atoms with Crippen LogP contribution in [0.25, 0.3) is 6.08 Å². The van der Waals surface area contributed by atoms with E-state index >= 15 is 0 Å². The van der Waals surface area contributed by atoms with E-state index in [-0.39, 0.29) is 35.5 Å². The number of hydrogen-bond donors (Lipinski definition) is 0. The molecule has 7 heteroatoms. The summed E-state index contributed by atoms with van der Waals surface area (Å²) >= 11 is 1.59. The van der Waals surface area contributed by atoms with Crippen LogP contribution in [0.1, 0.15) is 29.7 Å². The standard InChI is InChI=1S/C19H17NO5S/c1-2-25-19(22)16(10-12-5-3-6-13(9-12)20(23)24)18(21)15-11-14(15)17-7-4-8-26-17/h3-10,14-15H,2,11H2,1H3. The van der Waals surface area contributed by atoms with Crippen LogP contribution in [0, 0.1) is 16.0 Å². The van der Waals surface area contributed by atoms with Crippen molar-refractivity contribution >= 4 is 34.9 Å². The Hall–Kier alpha value is -2.80. The maximum Gasteiger partial charge on any atom is 0.341 e. The molecule has 1 aromatic carbocycles. The van der Waals surface area contributed by atoms with Crippen molar-refractivity contribution in [2.45, 2.75) is 19.3 Å². The molecule has 0 spiro atoms. The van der Waals surface area contributed by atoms with Gasteiger partial charge in [0, 0.05) is 28.8 Å². The van der Waals surface area contributed by atoms with Crippen LogP contribution in [0.5, 0.6) is 0 Å². The number of esters is 1. The van der Waals surface area contributed by atoms with Gasteiger partial charge in [-0.05, 0) is 36.4 Å². The van der Waals surface area contributed by atoms with E-state index in [1.807, 2.05) is 17.5 Å². The Labute approximate surface area is 154 Å². The minimum Gasteiger partial charge on any atom is -0.462 e. The van der Waals surface area contributed by atoms with E-state index in [0.717, 1.165) is 4.88 Å². The average Bonchev–Trinajstić information content (AvgIpc) is 3.24. The molecule has 0 radical (unpaired) electrons. The maximum atomic E-state index is 12.9. The fraction of sp³-hybridized carbons (Fsp3) is 0.263. The Morgan fingerprint density at radius 2 is 2.15 bits per heavy atom. The average molecular weight is 371 g/mol. The summed E-state index contributed by atoms with van der Waals surface area (Å²) in [6.45, 7) is 1.82. The second kappa shape index (κ2) is 7.61. The van der Waals surface area contributed by atoms with Crippen LogP contribution < -0.4 is 0 Å². The maximum absolute atomic E-state index is 12.9. The molecule has 3 rings (SSSR count). The van der Waals surface area contributed by atoms with Crippen LogP contribution in [-0.4, -0.2) is 23.3 Å². The Morgan fingerprint density at radius 3 is 2.81 bits per heavy atom. The number of carbonyl (C=O) groups excluding carboxylic acids is 2. The Balaban J connectivity index is 1.88. The number of thiophene rings is 1. The monoisotopic (exact) mass is 371 g/mol. The summed E-state index contributed by atoms with van der Waals surface area (Å²) < 4.78 is 5.02. The molecule has 1 fully saturated rings. The van der Waals surface area contributed by atoms with Gasteiger partial charge in [-0.2, -0.15) is 0 Å². The molecule has 2 aromatic rings. The molecule has 2 unspecified atom stereocenters. The van der Waals surface area contributed by atoms with Crippen molar-refractivity contribution in [1.29, 1.82) is 0 Å². The molecule has 1 aliphatic carbocycles. The molecular formula is C19H17NO5S. The van der Waals surface area contributed by atoms with Crippen LogP contribution in [0.4, 0.5) is 5.69 Å². The molecular weight excluding hydrogens is 354 g/mol. The van der Waals surface area contributed by atoms with E-state index in [9.17, 15) is 19.7 Å². The third-order valence-electron chi connectivity index (χ3n) is 4.19. The molecule has 2 atom stereocenters. The lowest BCUT2D eigenvalue weighted by atomic mass is 10.0. The Kier molecular flexibility index (Phi) is 5.27. The van der Waals surface area contributed by atoms with Gasteiger partial charge in [0.15, 0.2) is 5.78 Å². The number of Topliss-reactive ketones (excluding diaryl/α,β-unsaturated/α-hetero) is 1. The van der Waals surface area contributed by atoms with Gasteiger partial charge >= 0.3 is 5.97 Å². The van der Waals surface area contributed by atoms with Crippen LogP contribution >= 0.6 is 11.3 Å². The van der Waals surface area contributed by atoms with Gasteiger partial charge < -0.3 is 4.74 Å². The van der Waals surface area contributed by atoms with Gasteiger partial charge in [0.2, 0.25) is 0 Å². The number of ether oxygens (including phenoxy) is 1. The predicted molar refractivity (Wildman–Crippen MR) is 97.9 cm³/mol.